The summed E-state index contributed by atoms with van der Waals surface area (Å²) in [6.07, 6.45) is 3.89. The zero-order valence-corrected chi connectivity index (χ0v) is 5.65. The average Bonchev–Trinajstić information content (AvgIpc) is 2.71. The van der Waals surface area contributed by atoms with Crippen LogP contribution >= 0.6 is 0 Å². The smallest absolute Gasteiger partial charge is 0.0921 e. The van der Waals surface area contributed by atoms with E-state index in [1.54, 1.807) is 6.92 Å². The van der Waals surface area contributed by atoms with Crippen molar-refractivity contribution in [2.75, 3.05) is 0 Å². The van der Waals surface area contributed by atoms with Crippen LogP contribution in [0, 0.1) is 41.4 Å². The van der Waals surface area contributed by atoms with Crippen LogP contribution in [0.1, 0.15) is 6.92 Å². The maximum Gasteiger partial charge on any atom is 0.0921 e. The lowest BCUT2D eigenvalue weighted by atomic mass is 10.4. The first-order chi connectivity index (χ1) is 4.93. The minimum Gasteiger partial charge on any atom is -0.0925 e. The van der Waals surface area contributed by atoms with Gasteiger partial charge in [0.05, 0.1) is 5.92 Å². The Morgan fingerprint density at radius 2 is 1.70 bits per heavy atom. The molecule has 1 radical (unpaired) electrons. The van der Waals surface area contributed by atoms with Gasteiger partial charge in [0.2, 0.25) is 0 Å². The van der Waals surface area contributed by atoms with E-state index in [0.717, 1.165) is 5.92 Å². The lowest BCUT2D eigenvalue weighted by molar-refractivity contribution is 1.85. The first kappa shape index (κ1) is 6.54. The Hall–Kier alpha value is -1.58. The van der Waals surface area contributed by atoms with Gasteiger partial charge in [0.15, 0.2) is 0 Å². The van der Waals surface area contributed by atoms with Crippen LogP contribution < -0.4 is 0 Å². The largest absolute Gasteiger partial charge is 0.0925 e. The molecule has 0 spiro atoms. The Morgan fingerprint density at radius 3 is 2.30 bits per heavy atom. The van der Waals surface area contributed by atoms with E-state index in [2.05, 4.69) is 35.5 Å². The molecule has 0 atom stereocenters. The quantitative estimate of drug-likeness (QED) is 0.426. The van der Waals surface area contributed by atoms with Gasteiger partial charge >= 0.3 is 0 Å². The molecule has 0 bridgehead atoms. The van der Waals surface area contributed by atoms with Crippen molar-refractivity contribution in [2.45, 2.75) is 6.92 Å². The maximum absolute atomic E-state index is 2.83. The minimum absolute atomic E-state index is 1.07. The second kappa shape index (κ2) is 3.45. The second-order valence-electron chi connectivity index (χ2n) is 1.66. The third-order valence-electron chi connectivity index (χ3n) is 0.853. The summed E-state index contributed by atoms with van der Waals surface area (Å²) in [6.45, 7) is 1.75. The van der Waals surface area contributed by atoms with E-state index in [9.17, 15) is 0 Å². The van der Waals surface area contributed by atoms with Crippen molar-refractivity contribution in [1.29, 1.82) is 0 Å². The Morgan fingerprint density at radius 1 is 1.00 bits per heavy atom. The standard InChI is InChI=1S/C10H5/c1-2-3-4-5-6-7-10-8-9-10/h8-9H,1H3. The van der Waals surface area contributed by atoms with Gasteiger partial charge in [-0.3, -0.25) is 0 Å². The fourth-order valence-electron chi connectivity index (χ4n) is 0.353. The predicted octanol–water partition coefficient (Wildman–Crippen LogP) is 1.16. The van der Waals surface area contributed by atoms with Crippen molar-refractivity contribution >= 4 is 0 Å². The van der Waals surface area contributed by atoms with Crippen LogP contribution in [0.2, 0.25) is 0 Å². The van der Waals surface area contributed by atoms with Crippen LogP contribution in [0.4, 0.5) is 0 Å². The molecule has 0 nitrogen and oxygen atoms in total. The first-order valence-corrected chi connectivity index (χ1v) is 2.91. The number of allylic oxidation sites excluding steroid dienone is 2. The summed E-state index contributed by atoms with van der Waals surface area (Å²) in [4.78, 5) is 0. The van der Waals surface area contributed by atoms with Crippen molar-refractivity contribution in [1.82, 2.24) is 0 Å². The molecule has 45 valence electrons. The molecule has 1 rings (SSSR count). The lowest BCUT2D eigenvalue weighted by Gasteiger charge is -1.64. The molecular weight excluding hydrogens is 120 g/mol. The average molecular weight is 125 g/mol. The fourth-order valence-corrected chi connectivity index (χ4v) is 0.353. The molecular formula is C10H5. The zero-order valence-electron chi connectivity index (χ0n) is 5.65. The molecule has 0 unspecified atom stereocenters. The van der Waals surface area contributed by atoms with Crippen molar-refractivity contribution in [3.8, 4) is 35.5 Å². The third-order valence-corrected chi connectivity index (χ3v) is 0.853. The molecule has 0 heterocycles. The summed E-state index contributed by atoms with van der Waals surface area (Å²) in [5, 5.41) is 0. The molecule has 0 amide bonds. The van der Waals surface area contributed by atoms with E-state index in [-0.39, 0.29) is 0 Å². The molecule has 0 saturated carbocycles. The molecule has 0 aromatic heterocycles. The highest BCUT2D eigenvalue weighted by molar-refractivity contribution is 5.54. The van der Waals surface area contributed by atoms with Crippen molar-refractivity contribution in [3.63, 3.8) is 0 Å². The summed E-state index contributed by atoms with van der Waals surface area (Å²) >= 11 is 0. The first-order valence-electron chi connectivity index (χ1n) is 2.91. The summed E-state index contributed by atoms with van der Waals surface area (Å²) in [7, 11) is 0. The predicted molar refractivity (Wildman–Crippen MR) is 41.4 cm³/mol. The molecule has 0 fully saturated rings. The second-order valence-corrected chi connectivity index (χ2v) is 1.66. The SMILES string of the molecule is CC#CC#CC#C[C]1C=C1. The van der Waals surface area contributed by atoms with Crippen LogP contribution in [-0.4, -0.2) is 0 Å². The molecule has 1 aliphatic rings. The van der Waals surface area contributed by atoms with Gasteiger partial charge in [0.25, 0.3) is 0 Å². The highest BCUT2D eigenvalue weighted by Gasteiger charge is 2.05. The molecule has 0 saturated heterocycles. The van der Waals surface area contributed by atoms with Gasteiger partial charge in [-0.05, 0) is 30.6 Å². The molecule has 0 N–H and O–H groups in total. The Kier molecular flexibility index (Phi) is 2.25. The van der Waals surface area contributed by atoms with Gasteiger partial charge in [-0.2, -0.15) is 0 Å². The van der Waals surface area contributed by atoms with Crippen LogP contribution in [0.25, 0.3) is 0 Å². The maximum atomic E-state index is 2.83. The number of rotatable bonds is 0. The van der Waals surface area contributed by atoms with Gasteiger partial charge in [-0.1, -0.05) is 24.0 Å². The van der Waals surface area contributed by atoms with E-state index in [1.165, 1.54) is 0 Å². The Bertz CT molecular complexity index is 306. The summed E-state index contributed by atoms with van der Waals surface area (Å²) < 4.78 is 0. The summed E-state index contributed by atoms with van der Waals surface area (Å²) in [5.41, 5.74) is 0. The fraction of sp³-hybridized carbons (Fsp3) is 0.100. The summed E-state index contributed by atoms with van der Waals surface area (Å²) in [6, 6.07) is 0. The number of hydrogen-bond donors (Lipinski definition) is 0. The normalized spacial score (nSPS) is 11.3. The van der Waals surface area contributed by atoms with E-state index in [1.807, 2.05) is 12.2 Å². The molecule has 1 aliphatic carbocycles. The third kappa shape index (κ3) is 2.66. The minimum atomic E-state index is 1.07. The van der Waals surface area contributed by atoms with E-state index in [4.69, 9.17) is 0 Å². The molecule has 10 heavy (non-hydrogen) atoms. The Labute approximate surface area is 61.3 Å². The van der Waals surface area contributed by atoms with Gasteiger partial charge in [-0.15, -0.1) is 0 Å². The monoisotopic (exact) mass is 125 g/mol. The van der Waals surface area contributed by atoms with Crippen molar-refractivity contribution in [2.24, 2.45) is 0 Å². The van der Waals surface area contributed by atoms with Gasteiger partial charge < -0.3 is 0 Å². The Balaban J connectivity index is 2.33. The van der Waals surface area contributed by atoms with Gasteiger partial charge in [-0.25, -0.2) is 0 Å². The van der Waals surface area contributed by atoms with E-state index >= 15 is 0 Å². The lowest BCUT2D eigenvalue weighted by Crippen LogP contribution is -1.60. The number of hydrogen-bond acceptors (Lipinski definition) is 0. The highest BCUT2D eigenvalue weighted by atomic mass is 14.1. The van der Waals surface area contributed by atoms with Gasteiger partial charge in [0, 0.05) is 0 Å². The van der Waals surface area contributed by atoms with E-state index in [0.29, 0.717) is 0 Å². The topological polar surface area (TPSA) is 0 Å². The van der Waals surface area contributed by atoms with Crippen molar-refractivity contribution in [3.05, 3.63) is 18.1 Å². The van der Waals surface area contributed by atoms with Crippen LogP contribution in [0.3, 0.4) is 0 Å². The molecule has 0 aromatic rings. The molecule has 0 aliphatic heterocycles. The molecule has 0 aromatic carbocycles. The van der Waals surface area contributed by atoms with E-state index < -0.39 is 0 Å². The van der Waals surface area contributed by atoms with Crippen molar-refractivity contribution < 1.29 is 0 Å². The zero-order chi connectivity index (χ0) is 7.23. The van der Waals surface area contributed by atoms with Crippen LogP contribution in [0.5, 0.6) is 0 Å². The summed E-state index contributed by atoms with van der Waals surface area (Å²) in [5.74, 6) is 17.0. The van der Waals surface area contributed by atoms with Crippen LogP contribution in [0.15, 0.2) is 12.2 Å². The molecule has 0 heteroatoms. The van der Waals surface area contributed by atoms with Crippen LogP contribution in [-0.2, 0) is 0 Å². The highest BCUT2D eigenvalue weighted by Crippen LogP contribution is 2.15. The van der Waals surface area contributed by atoms with Gasteiger partial charge in [0.1, 0.15) is 0 Å².